The van der Waals surface area contributed by atoms with Gasteiger partial charge in [0.15, 0.2) is 0 Å². The molecule has 2 aromatic carbocycles. The van der Waals surface area contributed by atoms with Crippen molar-refractivity contribution in [2.75, 3.05) is 0 Å². The van der Waals surface area contributed by atoms with E-state index in [1.165, 1.54) is 0 Å². The molecule has 0 radical (unpaired) electrons. The van der Waals surface area contributed by atoms with Crippen molar-refractivity contribution < 1.29 is 8.81 Å². The van der Waals surface area contributed by atoms with E-state index in [-0.39, 0.29) is 11.2 Å². The molecule has 1 aromatic heterocycles. The minimum absolute atomic E-state index is 0.0786. The zero-order valence-electron chi connectivity index (χ0n) is 10.1. The average Bonchev–Trinajstić information content (AvgIpc) is 2.48. The van der Waals surface area contributed by atoms with Crippen LogP contribution >= 0.6 is 0 Å². The van der Waals surface area contributed by atoms with Gasteiger partial charge in [-0.1, -0.05) is 42.5 Å². The van der Waals surface area contributed by atoms with Crippen molar-refractivity contribution in [3.05, 3.63) is 70.6 Å². The van der Waals surface area contributed by atoms with Gasteiger partial charge in [0.05, 0.1) is 10.9 Å². The maximum atomic E-state index is 13.1. The van der Waals surface area contributed by atoms with Crippen molar-refractivity contribution in [2.24, 2.45) is 0 Å². The van der Waals surface area contributed by atoms with Gasteiger partial charge in [-0.15, -0.1) is 0 Å². The topological polar surface area (TPSA) is 30.2 Å². The van der Waals surface area contributed by atoms with Crippen molar-refractivity contribution in [1.82, 2.24) is 0 Å². The van der Waals surface area contributed by atoms with E-state index in [0.29, 0.717) is 22.1 Å². The lowest BCUT2D eigenvalue weighted by molar-refractivity contribution is 0.402. The predicted molar refractivity (Wildman–Crippen MR) is 72.7 cm³/mol. The molecular weight excluding hydrogens is 243 g/mol. The van der Waals surface area contributed by atoms with Crippen LogP contribution in [0.15, 0.2) is 63.8 Å². The number of fused-ring (bicyclic) bond motifs is 1. The van der Waals surface area contributed by atoms with Gasteiger partial charge in [0, 0.05) is 0 Å². The maximum absolute atomic E-state index is 13.1. The van der Waals surface area contributed by atoms with Gasteiger partial charge in [-0.25, -0.2) is 4.39 Å². The Bertz CT molecular complexity index is 776. The molecule has 0 saturated heterocycles. The van der Waals surface area contributed by atoms with E-state index < -0.39 is 6.67 Å². The molecule has 0 bridgehead atoms. The van der Waals surface area contributed by atoms with E-state index in [4.69, 9.17) is 4.42 Å². The molecule has 94 valence electrons. The second-order valence-electron chi connectivity index (χ2n) is 4.23. The van der Waals surface area contributed by atoms with Crippen LogP contribution in [0, 0.1) is 0 Å². The summed E-state index contributed by atoms with van der Waals surface area (Å²) in [5.41, 5.74) is 1.21. The fourth-order valence-electron chi connectivity index (χ4n) is 2.18. The molecule has 0 fully saturated rings. The van der Waals surface area contributed by atoms with Crippen LogP contribution in [-0.2, 0) is 6.67 Å². The summed E-state index contributed by atoms with van der Waals surface area (Å²) >= 11 is 0. The van der Waals surface area contributed by atoms with Crippen LogP contribution in [0.3, 0.4) is 0 Å². The number of hydrogen-bond acceptors (Lipinski definition) is 2. The van der Waals surface area contributed by atoms with Gasteiger partial charge >= 0.3 is 0 Å². The summed E-state index contributed by atoms with van der Waals surface area (Å²) in [6.45, 7) is -0.801. The molecule has 0 saturated carbocycles. The molecule has 0 atom stereocenters. The van der Waals surface area contributed by atoms with Crippen LogP contribution in [0.25, 0.3) is 22.1 Å². The minimum Gasteiger partial charge on any atom is -0.457 e. The van der Waals surface area contributed by atoms with Crippen LogP contribution in [0.4, 0.5) is 4.39 Å². The SMILES string of the molecule is O=c1c(-c2ccccc2)c(CF)oc2ccccc12. The smallest absolute Gasteiger partial charge is 0.200 e. The average molecular weight is 254 g/mol. The molecule has 3 aromatic rings. The van der Waals surface area contributed by atoms with Gasteiger partial charge in [0.25, 0.3) is 0 Å². The van der Waals surface area contributed by atoms with Crippen molar-refractivity contribution >= 4 is 11.0 Å². The van der Waals surface area contributed by atoms with Crippen LogP contribution in [0.5, 0.6) is 0 Å². The summed E-state index contributed by atoms with van der Waals surface area (Å²) < 4.78 is 18.6. The van der Waals surface area contributed by atoms with Crippen molar-refractivity contribution in [2.45, 2.75) is 6.67 Å². The maximum Gasteiger partial charge on any atom is 0.200 e. The fraction of sp³-hybridized carbons (Fsp3) is 0.0625. The Morgan fingerprint density at radius 3 is 2.37 bits per heavy atom. The quantitative estimate of drug-likeness (QED) is 0.693. The monoisotopic (exact) mass is 254 g/mol. The lowest BCUT2D eigenvalue weighted by Gasteiger charge is -2.07. The molecule has 0 aliphatic carbocycles. The van der Waals surface area contributed by atoms with Crippen molar-refractivity contribution in [1.29, 1.82) is 0 Å². The van der Waals surface area contributed by atoms with Gasteiger partial charge in [-0.05, 0) is 17.7 Å². The third-order valence-corrected chi connectivity index (χ3v) is 3.05. The molecule has 3 rings (SSSR count). The molecule has 0 amide bonds. The van der Waals surface area contributed by atoms with Gasteiger partial charge < -0.3 is 4.42 Å². The number of rotatable bonds is 2. The van der Waals surface area contributed by atoms with E-state index in [0.717, 1.165) is 0 Å². The Kier molecular flexibility index (Phi) is 2.88. The Balaban J connectivity index is 2.41. The van der Waals surface area contributed by atoms with Gasteiger partial charge in [-0.3, -0.25) is 4.79 Å². The Morgan fingerprint density at radius 1 is 0.947 bits per heavy atom. The number of alkyl halides is 1. The standard InChI is InChI=1S/C16H11FO2/c17-10-14-15(11-6-2-1-3-7-11)16(18)12-8-4-5-9-13(12)19-14/h1-9H,10H2. The Labute approximate surface area is 109 Å². The molecule has 1 heterocycles. The number of benzene rings is 2. The summed E-state index contributed by atoms with van der Waals surface area (Å²) in [6, 6.07) is 15.9. The van der Waals surface area contributed by atoms with Gasteiger partial charge in [0.2, 0.25) is 5.43 Å². The minimum atomic E-state index is -0.801. The second kappa shape index (κ2) is 4.69. The molecule has 19 heavy (non-hydrogen) atoms. The molecule has 0 unspecified atom stereocenters. The number of para-hydroxylation sites is 1. The highest BCUT2D eigenvalue weighted by Crippen LogP contribution is 2.24. The first kappa shape index (κ1) is 11.7. The highest BCUT2D eigenvalue weighted by atomic mass is 19.1. The summed E-state index contributed by atoms with van der Waals surface area (Å²) in [6.07, 6.45) is 0. The summed E-state index contributed by atoms with van der Waals surface area (Å²) in [5.74, 6) is 0.0786. The van der Waals surface area contributed by atoms with Gasteiger partial charge in [-0.2, -0.15) is 0 Å². The summed E-state index contributed by atoms with van der Waals surface area (Å²) in [7, 11) is 0. The van der Waals surface area contributed by atoms with E-state index >= 15 is 0 Å². The fourth-order valence-corrected chi connectivity index (χ4v) is 2.18. The summed E-state index contributed by atoms with van der Waals surface area (Å²) in [4.78, 5) is 12.5. The van der Waals surface area contributed by atoms with E-state index in [1.54, 1.807) is 36.4 Å². The molecule has 0 spiro atoms. The zero-order chi connectivity index (χ0) is 13.2. The van der Waals surface area contributed by atoms with Crippen molar-refractivity contribution in [3.63, 3.8) is 0 Å². The molecule has 0 aliphatic heterocycles. The normalized spacial score (nSPS) is 10.8. The highest BCUT2D eigenvalue weighted by Gasteiger charge is 2.15. The van der Waals surface area contributed by atoms with Crippen LogP contribution in [0.2, 0.25) is 0 Å². The second-order valence-corrected chi connectivity index (χ2v) is 4.23. The highest BCUT2D eigenvalue weighted by molar-refractivity contribution is 5.82. The Morgan fingerprint density at radius 2 is 1.63 bits per heavy atom. The summed E-state index contributed by atoms with van der Waals surface area (Å²) in [5, 5.41) is 0.471. The van der Waals surface area contributed by atoms with Crippen LogP contribution in [0.1, 0.15) is 5.76 Å². The first-order valence-electron chi connectivity index (χ1n) is 5.97. The van der Waals surface area contributed by atoms with Gasteiger partial charge in [0.1, 0.15) is 18.0 Å². The molecule has 3 heteroatoms. The zero-order valence-corrected chi connectivity index (χ0v) is 10.1. The first-order valence-corrected chi connectivity index (χ1v) is 5.97. The molecule has 0 aliphatic rings. The van der Waals surface area contributed by atoms with E-state index in [2.05, 4.69) is 0 Å². The van der Waals surface area contributed by atoms with E-state index in [9.17, 15) is 9.18 Å². The van der Waals surface area contributed by atoms with E-state index in [1.807, 2.05) is 18.2 Å². The molecule has 2 nitrogen and oxygen atoms in total. The number of hydrogen-bond donors (Lipinski definition) is 0. The lowest BCUT2D eigenvalue weighted by atomic mass is 10.0. The van der Waals surface area contributed by atoms with Crippen LogP contribution in [-0.4, -0.2) is 0 Å². The predicted octanol–water partition coefficient (Wildman–Crippen LogP) is 3.93. The third-order valence-electron chi connectivity index (χ3n) is 3.05. The molecular formula is C16H11FO2. The Hall–Kier alpha value is -2.42. The molecule has 0 N–H and O–H groups in total. The largest absolute Gasteiger partial charge is 0.457 e. The number of halogens is 1. The van der Waals surface area contributed by atoms with Crippen molar-refractivity contribution in [3.8, 4) is 11.1 Å². The van der Waals surface area contributed by atoms with Crippen LogP contribution < -0.4 is 5.43 Å². The third kappa shape index (κ3) is 1.93. The lowest BCUT2D eigenvalue weighted by Crippen LogP contribution is -2.08. The first-order chi connectivity index (χ1) is 9.31.